The van der Waals surface area contributed by atoms with Crippen LogP contribution in [0.1, 0.15) is 12.8 Å². The van der Waals surface area contributed by atoms with Crippen molar-refractivity contribution >= 4 is 40.2 Å². The number of nitrogens with zero attached hydrogens (tertiary/aromatic N) is 8. The van der Waals surface area contributed by atoms with Crippen LogP contribution in [0.15, 0.2) is 51.5 Å². The monoisotopic (exact) mass is 450 g/mol. The maximum Gasteiger partial charge on any atom is 0.303 e. The summed E-state index contributed by atoms with van der Waals surface area (Å²) in [6.07, 6.45) is 0.583. The molecule has 0 saturated carbocycles. The number of benzene rings is 2. The molecule has 0 aliphatic carbocycles. The third-order valence-corrected chi connectivity index (χ3v) is 4.72. The first-order valence-electron chi connectivity index (χ1n) is 8.94. The lowest BCUT2D eigenvalue weighted by Gasteiger charge is -2.22. The lowest BCUT2D eigenvalue weighted by molar-refractivity contribution is -0.395. The van der Waals surface area contributed by atoms with Crippen LogP contribution in [0.3, 0.4) is 0 Å². The molecule has 2 rings (SSSR count). The van der Waals surface area contributed by atoms with E-state index in [2.05, 4.69) is 22.4 Å². The molecule has 0 unspecified atom stereocenters. The van der Waals surface area contributed by atoms with Crippen molar-refractivity contribution in [3.63, 3.8) is 0 Å². The number of hydrogen-bond acceptors (Lipinski definition) is 11. The maximum absolute atomic E-state index is 11.3. The van der Waals surface area contributed by atoms with Crippen LogP contribution in [0.5, 0.6) is 0 Å². The van der Waals surface area contributed by atoms with Crippen LogP contribution in [0.25, 0.3) is 0 Å². The van der Waals surface area contributed by atoms with E-state index in [0.29, 0.717) is 43.4 Å². The highest BCUT2D eigenvalue weighted by Crippen LogP contribution is 2.39. The van der Waals surface area contributed by atoms with Gasteiger partial charge in [-0.15, -0.1) is 5.11 Å². The SMILES string of the molecule is N#CCCN(CCC#N)c1ccc(N=Nc2cc(SC#N)c([N+](=O)[O-])cc2[N+](=O)[O-])cc1. The fourth-order valence-electron chi connectivity index (χ4n) is 2.63. The number of anilines is 1. The van der Waals surface area contributed by atoms with Crippen molar-refractivity contribution in [2.45, 2.75) is 17.7 Å². The molecule has 0 bridgehead atoms. The lowest BCUT2D eigenvalue weighted by Crippen LogP contribution is -2.25. The zero-order valence-electron chi connectivity index (χ0n) is 16.4. The molecule has 0 N–H and O–H groups in total. The summed E-state index contributed by atoms with van der Waals surface area (Å²) in [5, 5.41) is 58.4. The quantitative estimate of drug-likeness (QED) is 0.155. The Morgan fingerprint density at radius 3 is 2.00 bits per heavy atom. The Morgan fingerprint density at radius 1 is 0.906 bits per heavy atom. The molecule has 0 radical (unpaired) electrons. The molecule has 160 valence electrons. The van der Waals surface area contributed by atoms with Gasteiger partial charge in [-0.05, 0) is 42.1 Å². The van der Waals surface area contributed by atoms with Gasteiger partial charge in [-0.25, -0.2) is 0 Å². The van der Waals surface area contributed by atoms with E-state index in [9.17, 15) is 20.2 Å². The summed E-state index contributed by atoms with van der Waals surface area (Å²) in [6.45, 7) is 0.904. The molecule has 0 atom stereocenters. The van der Waals surface area contributed by atoms with Gasteiger partial charge in [-0.3, -0.25) is 20.2 Å². The van der Waals surface area contributed by atoms with Gasteiger partial charge >= 0.3 is 5.69 Å². The highest BCUT2D eigenvalue weighted by Gasteiger charge is 2.25. The molecule has 0 aromatic heterocycles. The number of azo groups is 1. The summed E-state index contributed by atoms with van der Waals surface area (Å²) in [7, 11) is 0. The van der Waals surface area contributed by atoms with E-state index in [1.807, 2.05) is 4.90 Å². The molecule has 32 heavy (non-hydrogen) atoms. The number of rotatable bonds is 10. The molecule has 0 aliphatic rings. The molecule has 0 saturated heterocycles. The number of thiocyanates is 1. The summed E-state index contributed by atoms with van der Waals surface area (Å²) < 4.78 is 0. The molecule has 0 amide bonds. The van der Waals surface area contributed by atoms with Crippen LogP contribution >= 0.6 is 11.8 Å². The van der Waals surface area contributed by atoms with Crippen molar-refractivity contribution in [2.24, 2.45) is 10.2 Å². The topological polar surface area (TPSA) is 186 Å². The van der Waals surface area contributed by atoms with Gasteiger partial charge in [0.2, 0.25) is 0 Å². The van der Waals surface area contributed by atoms with Crippen molar-refractivity contribution < 1.29 is 9.85 Å². The van der Waals surface area contributed by atoms with Gasteiger partial charge in [0.15, 0.2) is 5.69 Å². The Labute approximate surface area is 186 Å². The molecule has 12 nitrogen and oxygen atoms in total. The molecule has 2 aromatic carbocycles. The molecule has 0 fully saturated rings. The molecule has 13 heteroatoms. The molecular formula is C19H14N8O4S. The third-order valence-electron chi connectivity index (χ3n) is 4.08. The summed E-state index contributed by atoms with van der Waals surface area (Å²) in [6, 6.07) is 12.6. The van der Waals surface area contributed by atoms with Crippen LogP contribution in [-0.2, 0) is 0 Å². The number of hydrogen-bond donors (Lipinski definition) is 0. The Bertz CT molecular complexity index is 1140. The van der Waals surface area contributed by atoms with Gasteiger partial charge in [0, 0.05) is 18.8 Å². The van der Waals surface area contributed by atoms with Crippen molar-refractivity contribution in [3.05, 3.63) is 56.6 Å². The zero-order chi connectivity index (χ0) is 23.5. The highest BCUT2D eigenvalue weighted by molar-refractivity contribution is 8.03. The smallest absolute Gasteiger partial charge is 0.303 e. The fourth-order valence-corrected chi connectivity index (χ4v) is 3.14. The molecule has 2 aromatic rings. The van der Waals surface area contributed by atoms with E-state index in [0.717, 1.165) is 17.8 Å². The van der Waals surface area contributed by atoms with E-state index in [1.165, 1.54) is 0 Å². The summed E-state index contributed by atoms with van der Waals surface area (Å²) >= 11 is 0.493. The van der Waals surface area contributed by atoms with Gasteiger partial charge in [0.05, 0.1) is 46.6 Å². The second-order valence-electron chi connectivity index (χ2n) is 6.04. The Kier molecular flexibility index (Phi) is 8.60. The van der Waals surface area contributed by atoms with E-state index in [-0.39, 0.29) is 10.6 Å². The van der Waals surface area contributed by atoms with Gasteiger partial charge in [0.25, 0.3) is 5.69 Å². The first-order chi connectivity index (χ1) is 15.4. The minimum absolute atomic E-state index is 0.0852. The van der Waals surface area contributed by atoms with Crippen molar-refractivity contribution in [1.82, 2.24) is 0 Å². The van der Waals surface area contributed by atoms with Gasteiger partial charge in [-0.1, -0.05) is 0 Å². The van der Waals surface area contributed by atoms with Gasteiger partial charge in [0.1, 0.15) is 10.3 Å². The summed E-state index contributed by atoms with van der Waals surface area (Å²) in [4.78, 5) is 22.6. The second-order valence-corrected chi connectivity index (χ2v) is 6.86. The summed E-state index contributed by atoms with van der Waals surface area (Å²) in [5.74, 6) is 0. The number of nitriles is 3. The molecule has 0 spiro atoms. The van der Waals surface area contributed by atoms with Crippen LogP contribution < -0.4 is 4.90 Å². The predicted octanol–water partition coefficient (Wildman–Crippen LogP) is 5.13. The third kappa shape index (κ3) is 6.23. The number of thioether (sulfide) groups is 1. The molecular weight excluding hydrogens is 436 g/mol. The second kappa shape index (κ2) is 11.6. The number of nitro benzene ring substituents is 2. The Morgan fingerprint density at radius 2 is 1.50 bits per heavy atom. The minimum Gasteiger partial charge on any atom is -0.369 e. The van der Waals surface area contributed by atoms with E-state index in [1.54, 1.807) is 29.7 Å². The van der Waals surface area contributed by atoms with E-state index < -0.39 is 21.2 Å². The van der Waals surface area contributed by atoms with E-state index >= 15 is 0 Å². The fraction of sp³-hybridized carbons (Fsp3) is 0.211. The Balaban J connectivity index is 2.34. The predicted molar refractivity (Wildman–Crippen MR) is 115 cm³/mol. The lowest BCUT2D eigenvalue weighted by atomic mass is 10.2. The Hall–Kier alpha value is -4.54. The van der Waals surface area contributed by atoms with Crippen molar-refractivity contribution in [3.8, 4) is 17.5 Å². The minimum atomic E-state index is -0.812. The maximum atomic E-state index is 11.3. The largest absolute Gasteiger partial charge is 0.369 e. The van der Waals surface area contributed by atoms with Crippen LogP contribution in [0.2, 0.25) is 0 Å². The number of nitro groups is 2. The van der Waals surface area contributed by atoms with Crippen LogP contribution in [-0.4, -0.2) is 22.9 Å². The zero-order valence-corrected chi connectivity index (χ0v) is 17.2. The van der Waals surface area contributed by atoms with Crippen LogP contribution in [0, 0.1) is 53.6 Å². The standard InChI is InChI=1S/C19H14N8O4S/c20-7-1-9-25(10-2-8-21)15-5-3-14(4-6-15)23-24-16-11-19(32-13-22)18(27(30)31)12-17(16)26(28)29/h3-6,11-12H,1-2,9-10H2. The van der Waals surface area contributed by atoms with E-state index in [4.69, 9.17) is 15.8 Å². The normalized spacial score (nSPS) is 10.2. The van der Waals surface area contributed by atoms with Gasteiger partial charge in [-0.2, -0.15) is 20.9 Å². The average molecular weight is 450 g/mol. The van der Waals surface area contributed by atoms with Crippen molar-refractivity contribution in [1.29, 1.82) is 15.8 Å². The molecule has 0 aliphatic heterocycles. The first kappa shape index (κ1) is 23.7. The van der Waals surface area contributed by atoms with Crippen LogP contribution in [0.4, 0.5) is 28.4 Å². The summed E-state index contributed by atoms with van der Waals surface area (Å²) in [5.41, 5.74) is -0.285. The molecule has 0 heterocycles. The first-order valence-corrected chi connectivity index (χ1v) is 9.76. The van der Waals surface area contributed by atoms with Gasteiger partial charge < -0.3 is 4.90 Å². The van der Waals surface area contributed by atoms with Crippen molar-refractivity contribution in [2.75, 3.05) is 18.0 Å². The average Bonchev–Trinajstić information content (AvgIpc) is 2.78. The highest BCUT2D eigenvalue weighted by atomic mass is 32.2.